The highest BCUT2D eigenvalue weighted by Crippen LogP contribution is 2.38. The maximum atomic E-state index is 12.9. The lowest BCUT2D eigenvalue weighted by Gasteiger charge is -2.29. The van der Waals surface area contributed by atoms with Gasteiger partial charge in [0.2, 0.25) is 5.91 Å². The number of carbonyl (C=O) groups is 1. The molecule has 412 valence electrons. The van der Waals surface area contributed by atoms with Crippen molar-refractivity contribution in [3.05, 3.63) is 48.6 Å². The number of carbonyl (C=O) groups excluding carboxylic acids is 1. The van der Waals surface area contributed by atoms with Crippen LogP contribution in [0.15, 0.2) is 48.6 Å². The summed E-state index contributed by atoms with van der Waals surface area (Å²) < 4.78 is 23.2. The first-order chi connectivity index (χ1) is 34.0. The smallest absolute Gasteiger partial charge is 0.268 e. The van der Waals surface area contributed by atoms with Crippen molar-refractivity contribution >= 4 is 13.7 Å². The van der Waals surface area contributed by atoms with Gasteiger partial charge in [0, 0.05) is 6.42 Å². The zero-order chi connectivity index (χ0) is 51.3. The first kappa shape index (κ1) is 68.5. The van der Waals surface area contributed by atoms with E-state index < -0.39 is 26.6 Å². The molecule has 0 rings (SSSR count). The van der Waals surface area contributed by atoms with Crippen molar-refractivity contribution in [3.8, 4) is 0 Å². The van der Waals surface area contributed by atoms with Crippen molar-refractivity contribution in [1.82, 2.24) is 5.32 Å². The summed E-state index contributed by atoms with van der Waals surface area (Å²) in [5.74, 6) is -0.208. The van der Waals surface area contributed by atoms with Crippen LogP contribution in [-0.4, -0.2) is 68.5 Å². The van der Waals surface area contributed by atoms with Gasteiger partial charge in [-0.05, 0) is 64.2 Å². The monoisotopic (exact) mass is 1000 g/mol. The molecule has 0 aliphatic rings. The molecule has 1 amide bonds. The SMILES string of the molecule is CCCCC/C=C/CC/C=C/C(O)C(COP(=O)([O-])OCC[N+](C)(C)C)NC(=O)CCCCCCCCCCCCCCCCCCC/C=C\C/C=C\CCCCCCCCCCCCCCCCC. The van der Waals surface area contributed by atoms with Crippen LogP contribution in [0.5, 0.6) is 0 Å². The van der Waals surface area contributed by atoms with Crippen LogP contribution in [0.2, 0.25) is 0 Å². The van der Waals surface area contributed by atoms with Gasteiger partial charge in [0.1, 0.15) is 13.2 Å². The number of hydrogen-bond donors (Lipinski definition) is 2. The molecule has 0 aromatic carbocycles. The molecule has 2 N–H and O–H groups in total. The van der Waals surface area contributed by atoms with Crippen molar-refractivity contribution in [3.63, 3.8) is 0 Å². The average molecular weight is 1010 g/mol. The van der Waals surface area contributed by atoms with Gasteiger partial charge in [0.15, 0.2) is 0 Å². The molecule has 0 aromatic heterocycles. The predicted molar refractivity (Wildman–Crippen MR) is 302 cm³/mol. The van der Waals surface area contributed by atoms with Gasteiger partial charge >= 0.3 is 0 Å². The van der Waals surface area contributed by atoms with Gasteiger partial charge < -0.3 is 28.8 Å². The van der Waals surface area contributed by atoms with Crippen molar-refractivity contribution in [2.24, 2.45) is 0 Å². The van der Waals surface area contributed by atoms with Crippen molar-refractivity contribution in [2.75, 3.05) is 40.9 Å². The highest BCUT2D eigenvalue weighted by Gasteiger charge is 2.23. The van der Waals surface area contributed by atoms with Crippen molar-refractivity contribution in [1.29, 1.82) is 0 Å². The van der Waals surface area contributed by atoms with Gasteiger partial charge in [0.05, 0.1) is 39.9 Å². The number of nitrogens with zero attached hydrogens (tertiary/aromatic N) is 1. The molecule has 0 radical (unpaired) electrons. The summed E-state index contributed by atoms with van der Waals surface area (Å²) in [6, 6.07) is -0.901. The Morgan fingerprint density at radius 2 is 0.843 bits per heavy atom. The normalized spacial score (nSPS) is 14.2. The zero-order valence-corrected chi connectivity index (χ0v) is 47.9. The molecule has 0 aliphatic heterocycles. The topological polar surface area (TPSA) is 108 Å². The van der Waals surface area contributed by atoms with E-state index in [2.05, 4.69) is 55.6 Å². The summed E-state index contributed by atoms with van der Waals surface area (Å²) in [4.78, 5) is 25.3. The summed E-state index contributed by atoms with van der Waals surface area (Å²) in [7, 11) is 1.24. The van der Waals surface area contributed by atoms with Gasteiger partial charge in [-0.2, -0.15) is 0 Å². The minimum absolute atomic E-state index is 0.00669. The molecule has 3 unspecified atom stereocenters. The second-order valence-electron chi connectivity index (χ2n) is 21.7. The van der Waals surface area contributed by atoms with E-state index >= 15 is 0 Å². The number of aliphatic hydroxyl groups is 1. The van der Waals surface area contributed by atoms with E-state index in [0.717, 1.165) is 44.9 Å². The van der Waals surface area contributed by atoms with E-state index in [1.807, 2.05) is 27.2 Å². The standard InChI is InChI=1S/C61H117N2O6P/c1-6-8-10-12-14-16-17-18-19-20-21-22-23-24-25-26-27-28-29-30-31-32-33-34-35-36-37-38-39-40-41-42-43-44-45-47-49-51-53-55-61(65)62-59(58-69-70(66,67)68-57-56-63(3,4)5)60(64)54-52-50-48-46-15-13-11-9-7-2/h15,27-28,30-31,46,52,54,59-60,64H,6-14,16-26,29,32-45,47-51,53,55-58H2,1-5H3,(H-,62,65,66,67)/b28-27-,31-30-,46-15+,54-52+. The van der Waals surface area contributed by atoms with Crippen LogP contribution in [-0.2, 0) is 18.4 Å². The minimum atomic E-state index is -4.59. The Balaban J connectivity index is 3.83. The van der Waals surface area contributed by atoms with Crippen LogP contribution >= 0.6 is 7.82 Å². The molecule has 8 nitrogen and oxygen atoms in total. The maximum Gasteiger partial charge on any atom is 0.268 e. The Bertz CT molecular complexity index is 1280. The highest BCUT2D eigenvalue weighted by molar-refractivity contribution is 7.45. The molecule has 3 atom stereocenters. The summed E-state index contributed by atoms with van der Waals surface area (Å²) in [5, 5.41) is 13.7. The number of hydrogen-bond acceptors (Lipinski definition) is 6. The second-order valence-corrected chi connectivity index (χ2v) is 23.1. The molecule has 0 spiro atoms. The van der Waals surface area contributed by atoms with Crippen molar-refractivity contribution < 1.29 is 32.9 Å². The third-order valence-corrected chi connectivity index (χ3v) is 14.5. The fraction of sp³-hybridized carbons (Fsp3) is 0.852. The summed E-state index contributed by atoms with van der Waals surface area (Å²) in [6.45, 7) is 4.59. The lowest BCUT2D eigenvalue weighted by molar-refractivity contribution is -0.870. The van der Waals surface area contributed by atoms with Gasteiger partial charge in [-0.15, -0.1) is 0 Å². The van der Waals surface area contributed by atoms with Crippen LogP contribution in [0.25, 0.3) is 0 Å². The number of nitrogens with one attached hydrogen (secondary N) is 1. The van der Waals surface area contributed by atoms with Gasteiger partial charge in [0.25, 0.3) is 7.82 Å². The number of likely N-dealkylation sites (N-methyl/N-ethyl adjacent to an activating group) is 1. The summed E-state index contributed by atoms with van der Waals surface area (Å²) >= 11 is 0. The van der Waals surface area contributed by atoms with E-state index in [1.54, 1.807) is 6.08 Å². The number of phosphoric acid groups is 1. The molecule has 0 saturated heterocycles. The molecule has 0 aromatic rings. The van der Waals surface area contributed by atoms with Crippen molar-refractivity contribution in [2.45, 2.75) is 296 Å². The van der Waals surface area contributed by atoms with Crippen LogP contribution in [0.3, 0.4) is 0 Å². The third kappa shape index (κ3) is 54.2. The number of allylic oxidation sites excluding steroid dienone is 7. The van der Waals surface area contributed by atoms with Gasteiger partial charge in [-0.25, -0.2) is 0 Å². The predicted octanol–water partition coefficient (Wildman–Crippen LogP) is 17.7. The average Bonchev–Trinajstić information content (AvgIpc) is 3.32. The number of quaternary nitrogens is 1. The molecule has 0 saturated carbocycles. The molecule has 0 bridgehead atoms. The number of unbranched alkanes of at least 4 members (excludes halogenated alkanes) is 36. The zero-order valence-electron chi connectivity index (χ0n) is 47.0. The molecular weight excluding hydrogens is 888 g/mol. The Morgan fingerprint density at radius 1 is 0.500 bits per heavy atom. The van der Waals surface area contributed by atoms with E-state index in [-0.39, 0.29) is 12.5 Å². The Morgan fingerprint density at radius 3 is 1.27 bits per heavy atom. The molecule has 0 heterocycles. The lowest BCUT2D eigenvalue weighted by atomic mass is 10.0. The number of phosphoric ester groups is 1. The fourth-order valence-corrected chi connectivity index (χ4v) is 9.51. The maximum absolute atomic E-state index is 12.9. The minimum Gasteiger partial charge on any atom is -0.756 e. The Labute approximate surface area is 435 Å². The quantitative estimate of drug-likeness (QED) is 0.0272. The van der Waals surface area contributed by atoms with Crippen LogP contribution in [0, 0.1) is 0 Å². The number of rotatable bonds is 55. The Hall–Kier alpha value is -1.54. The van der Waals surface area contributed by atoms with E-state index in [1.165, 1.54) is 218 Å². The Kier molecular flexibility index (Phi) is 51.2. The summed E-state index contributed by atoms with van der Waals surface area (Å²) in [5.41, 5.74) is 0. The van der Waals surface area contributed by atoms with Crippen LogP contribution < -0.4 is 10.2 Å². The molecule has 0 aliphatic carbocycles. The fourth-order valence-electron chi connectivity index (χ4n) is 8.79. The van der Waals surface area contributed by atoms with E-state index in [4.69, 9.17) is 9.05 Å². The molecular formula is C61H117N2O6P. The second kappa shape index (κ2) is 52.3. The largest absolute Gasteiger partial charge is 0.756 e. The van der Waals surface area contributed by atoms with Crippen LogP contribution in [0.1, 0.15) is 284 Å². The number of amides is 1. The van der Waals surface area contributed by atoms with Gasteiger partial charge in [-0.3, -0.25) is 9.36 Å². The third-order valence-electron chi connectivity index (χ3n) is 13.5. The van der Waals surface area contributed by atoms with E-state index in [9.17, 15) is 19.4 Å². The molecule has 0 fully saturated rings. The molecule has 9 heteroatoms. The van der Waals surface area contributed by atoms with Gasteiger partial charge in [-0.1, -0.05) is 262 Å². The first-order valence-corrected chi connectivity index (χ1v) is 31.5. The first-order valence-electron chi connectivity index (χ1n) is 30.0. The number of aliphatic hydroxyl groups excluding tert-OH is 1. The van der Waals surface area contributed by atoms with Crippen LogP contribution in [0.4, 0.5) is 0 Å². The summed E-state index contributed by atoms with van der Waals surface area (Å²) in [6.07, 6.45) is 69.7. The molecule has 70 heavy (non-hydrogen) atoms. The lowest BCUT2D eigenvalue weighted by Crippen LogP contribution is -2.45. The highest BCUT2D eigenvalue weighted by atomic mass is 31.2. The van der Waals surface area contributed by atoms with E-state index in [0.29, 0.717) is 17.4 Å².